The summed E-state index contributed by atoms with van der Waals surface area (Å²) in [6, 6.07) is 18.4. The molecular weight excluding hydrogens is 376 g/mol. The molecular formula is C25H30N2O3. The molecule has 0 aliphatic carbocycles. The lowest BCUT2D eigenvalue weighted by atomic mass is 10.1. The van der Waals surface area contributed by atoms with Gasteiger partial charge in [0.15, 0.2) is 0 Å². The van der Waals surface area contributed by atoms with Crippen LogP contribution in [-0.4, -0.2) is 27.7 Å². The van der Waals surface area contributed by atoms with Gasteiger partial charge in [0, 0.05) is 24.1 Å². The molecule has 5 nitrogen and oxygen atoms in total. The summed E-state index contributed by atoms with van der Waals surface area (Å²) >= 11 is 0. The molecule has 0 unspecified atom stereocenters. The van der Waals surface area contributed by atoms with Gasteiger partial charge in [-0.25, -0.2) is 4.98 Å². The molecule has 0 bridgehead atoms. The first-order chi connectivity index (χ1) is 14.7. The van der Waals surface area contributed by atoms with E-state index in [9.17, 15) is 4.79 Å². The fourth-order valence-electron chi connectivity index (χ4n) is 3.66. The molecule has 0 aliphatic rings. The zero-order valence-electron chi connectivity index (χ0n) is 17.6. The number of rotatable bonds is 12. The van der Waals surface area contributed by atoms with Crippen LogP contribution in [0.2, 0.25) is 0 Å². The van der Waals surface area contributed by atoms with Crippen molar-refractivity contribution in [2.75, 3.05) is 7.11 Å². The minimum atomic E-state index is -0.699. The standard InChI is InChI=1S/C25H30N2O3/c1-30-22-17-15-21(16-18-22)27-23(20-11-7-6-8-12-20)19-26-24(27)13-9-4-2-3-5-10-14-25(28)29/h6-8,11-12,15-19H,2-5,9-10,13-14H2,1H3,(H,28,29). The average molecular weight is 407 g/mol. The number of imidazole rings is 1. The van der Waals surface area contributed by atoms with Gasteiger partial charge in [-0.1, -0.05) is 56.0 Å². The Hall–Kier alpha value is -3.08. The predicted molar refractivity (Wildman–Crippen MR) is 119 cm³/mol. The molecule has 0 saturated heterocycles. The zero-order chi connectivity index (χ0) is 21.2. The molecule has 0 radical (unpaired) electrons. The Morgan fingerprint density at radius 1 is 0.933 bits per heavy atom. The predicted octanol–water partition coefficient (Wildman–Crippen LogP) is 5.91. The number of hydrogen-bond donors (Lipinski definition) is 1. The van der Waals surface area contributed by atoms with Crippen molar-refractivity contribution in [3.8, 4) is 22.7 Å². The van der Waals surface area contributed by atoms with Crippen LogP contribution in [0.3, 0.4) is 0 Å². The van der Waals surface area contributed by atoms with E-state index in [1.54, 1.807) is 7.11 Å². The smallest absolute Gasteiger partial charge is 0.303 e. The molecule has 0 saturated carbocycles. The van der Waals surface area contributed by atoms with Crippen LogP contribution in [-0.2, 0) is 11.2 Å². The first-order valence-electron chi connectivity index (χ1n) is 10.7. The molecule has 0 spiro atoms. The van der Waals surface area contributed by atoms with Crippen LogP contribution in [0.5, 0.6) is 5.75 Å². The van der Waals surface area contributed by atoms with Crippen LogP contribution in [0, 0.1) is 0 Å². The minimum absolute atomic E-state index is 0.279. The number of aromatic nitrogens is 2. The lowest BCUT2D eigenvalue weighted by Gasteiger charge is -2.13. The molecule has 0 fully saturated rings. The van der Waals surface area contributed by atoms with Gasteiger partial charge in [-0.15, -0.1) is 0 Å². The van der Waals surface area contributed by atoms with Crippen molar-refractivity contribution < 1.29 is 14.6 Å². The third-order valence-electron chi connectivity index (χ3n) is 5.28. The second-order valence-electron chi connectivity index (χ2n) is 7.47. The number of ether oxygens (including phenoxy) is 1. The number of carboxylic acids is 1. The van der Waals surface area contributed by atoms with Crippen LogP contribution >= 0.6 is 0 Å². The highest BCUT2D eigenvalue weighted by molar-refractivity contribution is 5.66. The number of benzene rings is 2. The molecule has 3 rings (SSSR count). The molecule has 2 aromatic carbocycles. The number of unbranched alkanes of at least 4 members (excludes halogenated alkanes) is 5. The quantitative estimate of drug-likeness (QED) is 0.380. The Kier molecular flexibility index (Phi) is 8.07. The van der Waals surface area contributed by atoms with Gasteiger partial charge in [0.25, 0.3) is 0 Å². The molecule has 0 atom stereocenters. The summed E-state index contributed by atoms with van der Waals surface area (Å²) in [5.41, 5.74) is 3.31. The van der Waals surface area contributed by atoms with Crippen LogP contribution in [0.1, 0.15) is 50.8 Å². The summed E-state index contributed by atoms with van der Waals surface area (Å²) in [6.07, 6.45) is 9.34. The van der Waals surface area contributed by atoms with Crippen molar-refractivity contribution in [2.24, 2.45) is 0 Å². The van der Waals surface area contributed by atoms with E-state index in [0.29, 0.717) is 0 Å². The van der Waals surface area contributed by atoms with Gasteiger partial charge < -0.3 is 9.84 Å². The van der Waals surface area contributed by atoms with E-state index in [0.717, 1.165) is 73.5 Å². The minimum Gasteiger partial charge on any atom is -0.497 e. The second-order valence-corrected chi connectivity index (χ2v) is 7.47. The normalized spacial score (nSPS) is 10.8. The maximum Gasteiger partial charge on any atom is 0.303 e. The number of hydrogen-bond acceptors (Lipinski definition) is 3. The van der Waals surface area contributed by atoms with E-state index in [1.165, 1.54) is 0 Å². The highest BCUT2D eigenvalue weighted by Gasteiger charge is 2.13. The van der Waals surface area contributed by atoms with Crippen molar-refractivity contribution in [1.82, 2.24) is 9.55 Å². The molecule has 0 amide bonds. The maximum absolute atomic E-state index is 10.6. The highest BCUT2D eigenvalue weighted by Crippen LogP contribution is 2.27. The van der Waals surface area contributed by atoms with E-state index in [-0.39, 0.29) is 6.42 Å². The summed E-state index contributed by atoms with van der Waals surface area (Å²) in [7, 11) is 1.68. The highest BCUT2D eigenvalue weighted by atomic mass is 16.5. The van der Waals surface area contributed by atoms with E-state index in [1.807, 2.05) is 36.5 Å². The Morgan fingerprint density at radius 3 is 2.27 bits per heavy atom. The van der Waals surface area contributed by atoms with E-state index >= 15 is 0 Å². The molecule has 30 heavy (non-hydrogen) atoms. The largest absolute Gasteiger partial charge is 0.497 e. The van der Waals surface area contributed by atoms with Gasteiger partial charge in [0.1, 0.15) is 11.6 Å². The number of methoxy groups -OCH3 is 1. The van der Waals surface area contributed by atoms with Gasteiger partial charge in [-0.3, -0.25) is 9.36 Å². The molecule has 1 heterocycles. The molecule has 158 valence electrons. The van der Waals surface area contributed by atoms with E-state index in [4.69, 9.17) is 14.8 Å². The van der Waals surface area contributed by atoms with Crippen LogP contribution in [0.15, 0.2) is 60.8 Å². The van der Waals surface area contributed by atoms with Gasteiger partial charge in [-0.05, 0) is 37.1 Å². The van der Waals surface area contributed by atoms with E-state index < -0.39 is 5.97 Å². The third-order valence-corrected chi connectivity index (χ3v) is 5.28. The fourth-order valence-corrected chi connectivity index (χ4v) is 3.66. The topological polar surface area (TPSA) is 64.4 Å². The summed E-state index contributed by atoms with van der Waals surface area (Å²) in [6.45, 7) is 0. The van der Waals surface area contributed by atoms with Crippen LogP contribution < -0.4 is 4.74 Å². The van der Waals surface area contributed by atoms with Gasteiger partial charge >= 0.3 is 5.97 Å². The number of nitrogens with zero attached hydrogens (tertiary/aromatic N) is 2. The summed E-state index contributed by atoms with van der Waals surface area (Å²) in [4.78, 5) is 15.3. The summed E-state index contributed by atoms with van der Waals surface area (Å²) in [5, 5.41) is 8.70. The second kappa shape index (κ2) is 11.2. The van der Waals surface area contributed by atoms with Gasteiger partial charge in [0.05, 0.1) is 19.0 Å². The molecule has 1 aromatic heterocycles. The first-order valence-corrected chi connectivity index (χ1v) is 10.7. The van der Waals surface area contributed by atoms with E-state index in [2.05, 4.69) is 28.8 Å². The number of aliphatic carboxylic acids is 1. The monoisotopic (exact) mass is 406 g/mol. The molecule has 0 aliphatic heterocycles. The van der Waals surface area contributed by atoms with Crippen molar-refractivity contribution in [1.29, 1.82) is 0 Å². The number of carboxylic acid groups (broad SMARTS) is 1. The SMILES string of the molecule is COc1ccc(-n2c(-c3ccccc3)cnc2CCCCCCCCC(=O)O)cc1. The van der Waals surface area contributed by atoms with Crippen LogP contribution in [0.4, 0.5) is 0 Å². The Morgan fingerprint density at radius 2 is 1.60 bits per heavy atom. The van der Waals surface area contributed by atoms with Crippen molar-refractivity contribution in [2.45, 2.75) is 51.4 Å². The van der Waals surface area contributed by atoms with Crippen molar-refractivity contribution in [3.63, 3.8) is 0 Å². The van der Waals surface area contributed by atoms with Crippen LogP contribution in [0.25, 0.3) is 16.9 Å². The summed E-state index contributed by atoms with van der Waals surface area (Å²) < 4.78 is 7.54. The fraction of sp³-hybridized carbons (Fsp3) is 0.360. The average Bonchev–Trinajstić information content (AvgIpc) is 3.20. The third kappa shape index (κ3) is 5.96. The lowest BCUT2D eigenvalue weighted by Crippen LogP contribution is -2.03. The van der Waals surface area contributed by atoms with Gasteiger partial charge in [0.2, 0.25) is 0 Å². The number of aryl methyl sites for hydroxylation is 1. The molecule has 3 aromatic rings. The first kappa shape index (κ1) is 21.6. The lowest BCUT2D eigenvalue weighted by molar-refractivity contribution is -0.137. The number of carbonyl (C=O) groups is 1. The van der Waals surface area contributed by atoms with Crippen molar-refractivity contribution in [3.05, 3.63) is 66.6 Å². The Balaban J connectivity index is 1.67. The van der Waals surface area contributed by atoms with Crippen molar-refractivity contribution >= 4 is 5.97 Å². The molecule has 5 heteroatoms. The van der Waals surface area contributed by atoms with Gasteiger partial charge in [-0.2, -0.15) is 0 Å². The maximum atomic E-state index is 10.6. The Labute approximate surface area is 178 Å². The Bertz CT molecular complexity index is 917. The summed E-state index contributed by atoms with van der Waals surface area (Å²) in [5.74, 6) is 1.20. The molecule has 1 N–H and O–H groups in total. The zero-order valence-corrected chi connectivity index (χ0v) is 17.6.